The average molecular weight is 277 g/mol. The van der Waals surface area contributed by atoms with Crippen LogP contribution in [0.25, 0.3) is 10.9 Å². The highest BCUT2D eigenvalue weighted by Gasteiger charge is 2.33. The van der Waals surface area contributed by atoms with Crippen LogP contribution in [-0.4, -0.2) is 22.2 Å². The molecule has 1 aromatic heterocycles. The maximum atomic E-state index is 10.0. The van der Waals surface area contributed by atoms with Gasteiger partial charge in [-0.25, -0.2) is 0 Å². The van der Waals surface area contributed by atoms with Gasteiger partial charge in [0, 0.05) is 29.7 Å². The molecule has 1 saturated carbocycles. The van der Waals surface area contributed by atoms with Gasteiger partial charge >= 0.3 is 0 Å². The minimum Gasteiger partial charge on any atom is -0.389 e. The van der Waals surface area contributed by atoms with Gasteiger partial charge in [0.2, 0.25) is 0 Å². The molecule has 2 N–H and O–H groups in total. The second-order valence-corrected chi connectivity index (χ2v) is 5.69. The fourth-order valence-corrected chi connectivity index (χ4v) is 2.75. The third-order valence-electron chi connectivity index (χ3n) is 3.85. The highest BCUT2D eigenvalue weighted by molar-refractivity contribution is 6.35. The van der Waals surface area contributed by atoms with Crippen LogP contribution >= 0.6 is 11.6 Å². The fraction of sp³-hybridized carbons (Fsp3) is 0.400. The van der Waals surface area contributed by atoms with Crippen LogP contribution in [0.2, 0.25) is 5.02 Å². The number of pyridine rings is 1. The van der Waals surface area contributed by atoms with E-state index >= 15 is 0 Å². The highest BCUT2D eigenvalue weighted by atomic mass is 35.5. The quantitative estimate of drug-likeness (QED) is 0.903. The van der Waals surface area contributed by atoms with E-state index in [4.69, 9.17) is 11.6 Å². The summed E-state index contributed by atoms with van der Waals surface area (Å²) in [5.74, 6) is 0. The summed E-state index contributed by atoms with van der Waals surface area (Å²) in [5.41, 5.74) is 1.56. The molecule has 1 aliphatic rings. The molecule has 1 fully saturated rings. The van der Waals surface area contributed by atoms with E-state index in [9.17, 15) is 5.11 Å². The van der Waals surface area contributed by atoms with E-state index in [1.54, 1.807) is 6.20 Å². The number of hydrogen-bond donors (Lipinski definition) is 2. The monoisotopic (exact) mass is 276 g/mol. The van der Waals surface area contributed by atoms with Crippen molar-refractivity contribution in [2.24, 2.45) is 0 Å². The van der Waals surface area contributed by atoms with Crippen LogP contribution in [0.5, 0.6) is 0 Å². The van der Waals surface area contributed by atoms with Gasteiger partial charge in [0.15, 0.2) is 0 Å². The van der Waals surface area contributed by atoms with Crippen molar-refractivity contribution in [3.63, 3.8) is 0 Å². The number of rotatable bonds is 4. The van der Waals surface area contributed by atoms with Gasteiger partial charge in [0.05, 0.1) is 11.1 Å². The molecule has 0 saturated heterocycles. The standard InChI is InChI=1S/C15H17ClN2O/c16-13-5-4-11(14-12(13)3-1-8-18-14)9-17-10-15(19)6-2-7-15/h1,3-5,8,17,19H,2,6-7,9-10H2. The second kappa shape index (κ2) is 5.08. The van der Waals surface area contributed by atoms with Gasteiger partial charge < -0.3 is 10.4 Å². The molecule has 19 heavy (non-hydrogen) atoms. The molecule has 2 aromatic rings. The normalized spacial score (nSPS) is 17.4. The van der Waals surface area contributed by atoms with Crippen molar-refractivity contribution >= 4 is 22.5 Å². The fourth-order valence-electron chi connectivity index (χ4n) is 2.53. The van der Waals surface area contributed by atoms with Crippen LogP contribution in [0, 0.1) is 0 Å². The van der Waals surface area contributed by atoms with Crippen molar-refractivity contribution in [1.29, 1.82) is 0 Å². The maximum absolute atomic E-state index is 10.0. The van der Waals surface area contributed by atoms with Crippen molar-refractivity contribution < 1.29 is 5.11 Å². The van der Waals surface area contributed by atoms with E-state index in [-0.39, 0.29) is 0 Å². The molecular weight excluding hydrogens is 260 g/mol. The Morgan fingerprint density at radius 1 is 1.32 bits per heavy atom. The molecule has 0 amide bonds. The summed E-state index contributed by atoms with van der Waals surface area (Å²) in [5, 5.41) is 15.1. The van der Waals surface area contributed by atoms with Crippen LogP contribution in [0.15, 0.2) is 30.5 Å². The van der Waals surface area contributed by atoms with E-state index in [2.05, 4.69) is 10.3 Å². The summed E-state index contributed by atoms with van der Waals surface area (Å²) in [6.07, 6.45) is 4.71. The highest BCUT2D eigenvalue weighted by Crippen LogP contribution is 2.31. The molecule has 1 heterocycles. The number of aliphatic hydroxyl groups is 1. The molecule has 3 nitrogen and oxygen atoms in total. The molecule has 4 heteroatoms. The lowest BCUT2D eigenvalue weighted by atomic mass is 9.80. The van der Waals surface area contributed by atoms with Gasteiger partial charge in [0.25, 0.3) is 0 Å². The number of fused-ring (bicyclic) bond motifs is 1. The minimum atomic E-state index is -0.490. The Balaban J connectivity index is 1.76. The third kappa shape index (κ3) is 2.59. The summed E-state index contributed by atoms with van der Waals surface area (Å²) in [7, 11) is 0. The summed E-state index contributed by atoms with van der Waals surface area (Å²) in [6.45, 7) is 1.34. The number of halogens is 1. The Labute approximate surface area is 117 Å². The molecule has 1 aliphatic carbocycles. The average Bonchev–Trinajstić information content (AvgIpc) is 2.40. The van der Waals surface area contributed by atoms with Gasteiger partial charge in [-0.2, -0.15) is 0 Å². The second-order valence-electron chi connectivity index (χ2n) is 5.29. The molecule has 0 bridgehead atoms. The van der Waals surface area contributed by atoms with Crippen LogP contribution in [-0.2, 0) is 6.54 Å². The largest absolute Gasteiger partial charge is 0.389 e. The first kappa shape index (κ1) is 12.9. The zero-order chi connectivity index (χ0) is 13.3. The number of aromatic nitrogens is 1. The van der Waals surface area contributed by atoms with Crippen molar-refractivity contribution in [3.05, 3.63) is 41.0 Å². The Kier molecular flexibility index (Phi) is 3.44. The lowest BCUT2D eigenvalue weighted by Crippen LogP contribution is -2.46. The summed E-state index contributed by atoms with van der Waals surface area (Å²) < 4.78 is 0. The molecule has 1 aromatic carbocycles. The van der Waals surface area contributed by atoms with Crippen LogP contribution in [0.4, 0.5) is 0 Å². The summed E-state index contributed by atoms with van der Waals surface area (Å²) in [4.78, 5) is 4.40. The van der Waals surface area contributed by atoms with Gasteiger partial charge in [-0.05, 0) is 43.0 Å². The van der Waals surface area contributed by atoms with Gasteiger partial charge in [-0.1, -0.05) is 17.7 Å². The molecule has 0 spiro atoms. The summed E-state index contributed by atoms with van der Waals surface area (Å²) >= 11 is 6.17. The van der Waals surface area contributed by atoms with Crippen LogP contribution in [0.1, 0.15) is 24.8 Å². The molecule has 0 aliphatic heterocycles. The van der Waals surface area contributed by atoms with E-state index in [0.717, 1.165) is 40.8 Å². The molecule has 100 valence electrons. The minimum absolute atomic E-state index is 0.490. The number of hydrogen-bond acceptors (Lipinski definition) is 3. The topological polar surface area (TPSA) is 45.1 Å². The predicted molar refractivity (Wildman–Crippen MR) is 77.3 cm³/mol. The Morgan fingerprint density at radius 2 is 2.16 bits per heavy atom. The van der Waals surface area contributed by atoms with E-state index in [0.29, 0.717) is 13.1 Å². The van der Waals surface area contributed by atoms with Crippen molar-refractivity contribution in [2.45, 2.75) is 31.4 Å². The zero-order valence-corrected chi connectivity index (χ0v) is 11.5. The lowest BCUT2D eigenvalue weighted by molar-refractivity contribution is -0.0314. The van der Waals surface area contributed by atoms with Crippen molar-refractivity contribution in [1.82, 2.24) is 10.3 Å². The van der Waals surface area contributed by atoms with Gasteiger partial charge in [-0.3, -0.25) is 4.98 Å². The van der Waals surface area contributed by atoms with Gasteiger partial charge in [-0.15, -0.1) is 0 Å². The van der Waals surface area contributed by atoms with Gasteiger partial charge in [0.1, 0.15) is 0 Å². The molecule has 0 radical (unpaired) electrons. The smallest absolute Gasteiger partial charge is 0.0771 e. The van der Waals surface area contributed by atoms with Crippen LogP contribution < -0.4 is 5.32 Å². The first-order valence-electron chi connectivity index (χ1n) is 6.63. The molecule has 0 unspecified atom stereocenters. The lowest BCUT2D eigenvalue weighted by Gasteiger charge is -2.36. The number of nitrogens with zero attached hydrogens (tertiary/aromatic N) is 1. The first-order valence-corrected chi connectivity index (χ1v) is 7.01. The first-order chi connectivity index (χ1) is 9.18. The Hall–Kier alpha value is -1.16. The van der Waals surface area contributed by atoms with Crippen LogP contribution in [0.3, 0.4) is 0 Å². The van der Waals surface area contributed by atoms with Crippen molar-refractivity contribution in [2.75, 3.05) is 6.54 Å². The summed E-state index contributed by atoms with van der Waals surface area (Å²) in [6, 6.07) is 7.77. The zero-order valence-electron chi connectivity index (χ0n) is 10.7. The number of nitrogens with one attached hydrogen (secondary N) is 1. The molecular formula is C15H17ClN2O. The maximum Gasteiger partial charge on any atom is 0.0771 e. The van der Waals surface area contributed by atoms with E-state index < -0.39 is 5.60 Å². The van der Waals surface area contributed by atoms with Crippen molar-refractivity contribution in [3.8, 4) is 0 Å². The Morgan fingerprint density at radius 3 is 2.89 bits per heavy atom. The van der Waals surface area contributed by atoms with E-state index in [1.807, 2.05) is 24.3 Å². The molecule has 0 atom stereocenters. The third-order valence-corrected chi connectivity index (χ3v) is 4.18. The number of benzene rings is 1. The Bertz CT molecular complexity index is 596. The molecule has 3 rings (SSSR count). The predicted octanol–water partition coefficient (Wildman–Crippen LogP) is 2.89. The SMILES string of the molecule is OC1(CNCc2ccc(Cl)c3cccnc23)CCC1. The van der Waals surface area contributed by atoms with E-state index in [1.165, 1.54) is 0 Å².